The molecule has 0 amide bonds. The van der Waals surface area contributed by atoms with E-state index < -0.39 is 0 Å². The fraction of sp³-hybridized carbons (Fsp3) is 0.933. The second-order valence-electron chi connectivity index (χ2n) is 6.19. The number of hydrogen-bond donors (Lipinski definition) is 1. The van der Waals surface area contributed by atoms with Gasteiger partial charge in [-0.25, -0.2) is 0 Å². The van der Waals surface area contributed by atoms with Gasteiger partial charge in [-0.05, 0) is 31.6 Å². The third-order valence-electron chi connectivity index (χ3n) is 4.77. The zero-order chi connectivity index (χ0) is 12.2. The molecule has 0 saturated heterocycles. The molecule has 0 radical (unpaired) electrons. The minimum Gasteiger partial charge on any atom is -0.362 e. The molecule has 2 atom stereocenters. The van der Waals surface area contributed by atoms with Gasteiger partial charge in [0.25, 0.3) is 0 Å². The number of fused-ring (bicyclic) bond motifs is 1. The Morgan fingerprint density at radius 1 is 0.889 bits per heavy atom. The lowest BCUT2D eigenvalue weighted by Gasteiger charge is -2.33. The normalized spacial score (nSPS) is 34.3. The molecule has 2 aliphatic carbocycles. The van der Waals surface area contributed by atoms with Crippen molar-refractivity contribution in [2.24, 2.45) is 10.9 Å². The maximum absolute atomic E-state index is 5.00. The van der Waals surface area contributed by atoms with Crippen molar-refractivity contribution in [3.63, 3.8) is 0 Å². The van der Waals surface area contributed by atoms with Gasteiger partial charge in [0.2, 0.25) is 0 Å². The summed E-state index contributed by atoms with van der Waals surface area (Å²) in [5, 5.41) is 5.01. The van der Waals surface area contributed by atoms with Crippen molar-refractivity contribution in [2.45, 2.75) is 76.3 Å². The molecule has 0 aromatic carbocycles. The molecule has 2 nitrogen and oxygen atoms in total. The molecule has 3 aliphatic rings. The monoisotopic (exact) mass is 266 g/mol. The quantitative estimate of drug-likeness (QED) is 0.726. The van der Waals surface area contributed by atoms with Gasteiger partial charge in [-0.3, -0.25) is 4.99 Å². The number of rotatable bonds is 1. The van der Waals surface area contributed by atoms with Crippen molar-refractivity contribution in [2.75, 3.05) is 5.75 Å². The Bertz CT molecular complexity index is 295. The van der Waals surface area contributed by atoms with Gasteiger partial charge in [0.1, 0.15) is 0 Å². The lowest BCUT2D eigenvalue weighted by molar-refractivity contribution is 0.335. The van der Waals surface area contributed by atoms with Crippen LogP contribution in [0.5, 0.6) is 0 Å². The lowest BCUT2D eigenvalue weighted by Crippen LogP contribution is -2.39. The molecule has 3 rings (SSSR count). The molecule has 18 heavy (non-hydrogen) atoms. The summed E-state index contributed by atoms with van der Waals surface area (Å²) in [4.78, 5) is 5.00. The molecule has 2 unspecified atom stereocenters. The minimum atomic E-state index is 0.647. The fourth-order valence-corrected chi connectivity index (χ4v) is 4.82. The average molecular weight is 266 g/mol. The van der Waals surface area contributed by atoms with Crippen LogP contribution in [0.4, 0.5) is 0 Å². The van der Waals surface area contributed by atoms with E-state index in [1.807, 2.05) is 11.8 Å². The van der Waals surface area contributed by atoms with E-state index in [9.17, 15) is 0 Å². The van der Waals surface area contributed by atoms with E-state index in [1.165, 1.54) is 75.1 Å². The second-order valence-corrected chi connectivity index (χ2v) is 7.20. The van der Waals surface area contributed by atoms with E-state index in [2.05, 4.69) is 5.32 Å². The highest BCUT2D eigenvalue weighted by Crippen LogP contribution is 2.34. The van der Waals surface area contributed by atoms with Crippen LogP contribution < -0.4 is 5.32 Å². The first-order chi connectivity index (χ1) is 8.92. The number of thioether (sulfide) groups is 1. The van der Waals surface area contributed by atoms with E-state index in [1.54, 1.807) is 0 Å². The van der Waals surface area contributed by atoms with E-state index in [4.69, 9.17) is 4.99 Å². The average Bonchev–Trinajstić information content (AvgIpc) is 2.67. The van der Waals surface area contributed by atoms with Crippen molar-refractivity contribution in [1.82, 2.24) is 5.32 Å². The standard InChI is InChI=1S/C15H26N2S/c1-2-4-9-13(8-3-1)16-15-17-14-10-6-5-7-12(14)11-18-15/h12-14H,1-11H2,(H,16,17). The van der Waals surface area contributed by atoms with Gasteiger partial charge >= 0.3 is 0 Å². The first-order valence-corrected chi connectivity index (χ1v) is 8.87. The Kier molecular flexibility index (Phi) is 4.50. The molecule has 102 valence electrons. The van der Waals surface area contributed by atoms with Crippen molar-refractivity contribution in [3.8, 4) is 0 Å². The summed E-state index contributed by atoms with van der Waals surface area (Å²) in [6, 6.07) is 1.35. The van der Waals surface area contributed by atoms with Crippen LogP contribution in [-0.4, -0.2) is 23.0 Å². The molecule has 2 fully saturated rings. The molecule has 1 N–H and O–H groups in total. The van der Waals surface area contributed by atoms with E-state index >= 15 is 0 Å². The highest BCUT2D eigenvalue weighted by molar-refractivity contribution is 8.13. The van der Waals surface area contributed by atoms with Gasteiger partial charge in [-0.1, -0.05) is 50.3 Å². The summed E-state index contributed by atoms with van der Waals surface area (Å²) in [6.07, 6.45) is 14.0. The first kappa shape index (κ1) is 12.8. The second kappa shape index (κ2) is 6.31. The van der Waals surface area contributed by atoms with Crippen molar-refractivity contribution in [1.29, 1.82) is 0 Å². The molecule has 0 aromatic heterocycles. The summed E-state index contributed by atoms with van der Waals surface area (Å²) < 4.78 is 0. The fourth-order valence-electron chi connectivity index (χ4n) is 3.60. The number of hydrogen-bond acceptors (Lipinski definition) is 3. The highest BCUT2D eigenvalue weighted by Gasteiger charge is 2.29. The first-order valence-electron chi connectivity index (χ1n) is 7.89. The van der Waals surface area contributed by atoms with Crippen LogP contribution >= 0.6 is 11.8 Å². The molecule has 1 aliphatic heterocycles. The van der Waals surface area contributed by atoms with Crippen molar-refractivity contribution < 1.29 is 0 Å². The largest absolute Gasteiger partial charge is 0.362 e. The van der Waals surface area contributed by atoms with E-state index in [0.717, 1.165) is 5.92 Å². The predicted molar refractivity (Wildman–Crippen MR) is 80.3 cm³/mol. The van der Waals surface area contributed by atoms with Gasteiger partial charge in [0.05, 0.1) is 6.04 Å². The zero-order valence-corrected chi connectivity index (χ0v) is 12.2. The van der Waals surface area contributed by atoms with Gasteiger partial charge < -0.3 is 5.32 Å². The highest BCUT2D eigenvalue weighted by atomic mass is 32.2. The number of amidine groups is 1. The molecule has 2 saturated carbocycles. The predicted octanol–water partition coefficient (Wildman–Crippen LogP) is 3.96. The van der Waals surface area contributed by atoms with Crippen molar-refractivity contribution >= 4 is 16.9 Å². The third kappa shape index (κ3) is 3.23. The summed E-state index contributed by atoms with van der Waals surface area (Å²) in [5.74, 6) is 2.19. The zero-order valence-electron chi connectivity index (χ0n) is 11.4. The molecular formula is C15H26N2S. The van der Waals surface area contributed by atoms with Gasteiger partial charge in [0, 0.05) is 11.8 Å². The molecular weight excluding hydrogens is 240 g/mol. The van der Waals surface area contributed by atoms with Crippen LogP contribution in [0.2, 0.25) is 0 Å². The molecule has 3 heteroatoms. The summed E-state index contributed by atoms with van der Waals surface area (Å²) in [6.45, 7) is 0. The number of aliphatic imine (C=N–C) groups is 1. The SMILES string of the molecule is C1CCCC(NC2=NC3CCCCC3CS2)CC1. The van der Waals surface area contributed by atoms with Crippen LogP contribution in [0.25, 0.3) is 0 Å². The Labute approximate surface area is 115 Å². The minimum absolute atomic E-state index is 0.647. The Balaban J connectivity index is 1.57. The number of nitrogens with one attached hydrogen (secondary N) is 1. The Morgan fingerprint density at radius 3 is 2.44 bits per heavy atom. The van der Waals surface area contributed by atoms with Gasteiger partial charge in [-0.15, -0.1) is 0 Å². The van der Waals surface area contributed by atoms with Crippen LogP contribution in [0.3, 0.4) is 0 Å². The van der Waals surface area contributed by atoms with E-state index in [0.29, 0.717) is 12.1 Å². The lowest BCUT2D eigenvalue weighted by atomic mass is 9.86. The molecule has 0 aromatic rings. The van der Waals surface area contributed by atoms with Crippen molar-refractivity contribution in [3.05, 3.63) is 0 Å². The maximum Gasteiger partial charge on any atom is 0.157 e. The molecule has 0 bridgehead atoms. The Hall–Kier alpha value is -0.180. The molecule has 1 heterocycles. The van der Waals surface area contributed by atoms with Crippen LogP contribution in [0.15, 0.2) is 4.99 Å². The van der Waals surface area contributed by atoms with E-state index in [-0.39, 0.29) is 0 Å². The summed E-state index contributed by atoms with van der Waals surface area (Å²) in [7, 11) is 0. The smallest absolute Gasteiger partial charge is 0.157 e. The summed E-state index contributed by atoms with van der Waals surface area (Å²) >= 11 is 1.99. The maximum atomic E-state index is 5.00. The van der Waals surface area contributed by atoms with Gasteiger partial charge in [-0.2, -0.15) is 0 Å². The number of nitrogens with zero attached hydrogens (tertiary/aromatic N) is 1. The summed E-state index contributed by atoms with van der Waals surface area (Å²) in [5.41, 5.74) is 0. The van der Waals surface area contributed by atoms with Crippen LogP contribution in [0.1, 0.15) is 64.2 Å². The topological polar surface area (TPSA) is 24.4 Å². The molecule has 0 spiro atoms. The van der Waals surface area contributed by atoms with Gasteiger partial charge in [0.15, 0.2) is 5.17 Å². The van der Waals surface area contributed by atoms with Crippen LogP contribution in [-0.2, 0) is 0 Å². The van der Waals surface area contributed by atoms with Crippen LogP contribution in [0, 0.1) is 5.92 Å². The third-order valence-corrected chi connectivity index (χ3v) is 5.86. The Morgan fingerprint density at radius 2 is 1.61 bits per heavy atom.